The molecule has 11 aromatic rings. The monoisotopic (exact) mass is 715 g/mol. The maximum Gasteiger partial charge on any atom is 0.164 e. The second-order valence-electron chi connectivity index (χ2n) is 14.1. The molecule has 0 aliphatic carbocycles. The first kappa shape index (κ1) is 31.9. The van der Waals surface area contributed by atoms with Gasteiger partial charge in [-0.2, -0.15) is 0 Å². The number of pyridine rings is 1. The van der Waals surface area contributed by atoms with Crippen molar-refractivity contribution in [2.75, 3.05) is 0 Å². The highest BCUT2D eigenvalue weighted by molar-refractivity contribution is 6.20. The van der Waals surface area contributed by atoms with Crippen LogP contribution >= 0.6 is 0 Å². The van der Waals surface area contributed by atoms with Crippen molar-refractivity contribution in [1.82, 2.24) is 23.9 Å². The van der Waals surface area contributed by atoms with E-state index in [4.69, 9.17) is 15.0 Å². The molecule has 5 nitrogen and oxygen atoms in total. The number of para-hydroxylation sites is 2. The summed E-state index contributed by atoms with van der Waals surface area (Å²) in [4.78, 5) is 15.1. The molecule has 11 rings (SSSR count). The SMILES string of the molecule is c1ccc(-c2ccc(-c3c4ccccc4n4ccc5c6ccccc6n(-c6cccc(-c7nc(-c8ccccc8)nc(-c8ccccc8)n7)c6)c5c34)cc2)cc1. The molecule has 0 N–H and O–H groups in total. The summed E-state index contributed by atoms with van der Waals surface area (Å²) in [5.74, 6) is 1.90. The Morgan fingerprint density at radius 3 is 1.48 bits per heavy atom. The van der Waals surface area contributed by atoms with Gasteiger partial charge in [-0.25, -0.2) is 15.0 Å². The molecule has 0 amide bonds. The maximum atomic E-state index is 5.07. The third-order valence-corrected chi connectivity index (χ3v) is 10.8. The normalized spacial score (nSPS) is 11.6. The standard InChI is InChI=1S/C51H33N5/c1-4-15-34(16-5-1)35-27-29-36(30-28-35)46-43-24-11-12-25-44(43)55-32-31-42-41-23-10-13-26-45(41)56(47(42)48(46)55)40-22-14-21-39(33-40)51-53-49(37-17-6-2-7-18-37)52-50(54-51)38-19-8-3-9-20-38/h1-33H. The third-order valence-electron chi connectivity index (χ3n) is 10.8. The second kappa shape index (κ2) is 13.0. The Labute approximate surface area is 323 Å². The molecule has 262 valence electrons. The summed E-state index contributed by atoms with van der Waals surface area (Å²) >= 11 is 0. The molecule has 0 aliphatic rings. The van der Waals surface area contributed by atoms with E-state index < -0.39 is 0 Å². The minimum atomic E-state index is 0.623. The highest BCUT2D eigenvalue weighted by Crippen LogP contribution is 2.43. The van der Waals surface area contributed by atoms with Crippen molar-refractivity contribution in [2.24, 2.45) is 0 Å². The van der Waals surface area contributed by atoms with E-state index in [0.717, 1.165) is 38.9 Å². The molecule has 4 aromatic heterocycles. The van der Waals surface area contributed by atoms with Gasteiger partial charge in [0.1, 0.15) is 0 Å². The van der Waals surface area contributed by atoms with Crippen LogP contribution in [0, 0.1) is 0 Å². The first-order valence-electron chi connectivity index (χ1n) is 18.9. The lowest BCUT2D eigenvalue weighted by molar-refractivity contribution is 1.07. The van der Waals surface area contributed by atoms with E-state index in [9.17, 15) is 0 Å². The summed E-state index contributed by atoms with van der Waals surface area (Å²) in [6, 6.07) is 68.2. The van der Waals surface area contributed by atoms with E-state index in [0.29, 0.717) is 17.5 Å². The van der Waals surface area contributed by atoms with E-state index in [1.165, 1.54) is 43.9 Å². The van der Waals surface area contributed by atoms with Crippen molar-refractivity contribution in [3.8, 4) is 62.1 Å². The molecule has 0 fully saturated rings. The van der Waals surface area contributed by atoms with E-state index in [2.05, 4.69) is 149 Å². The van der Waals surface area contributed by atoms with Gasteiger partial charge in [0.2, 0.25) is 0 Å². The zero-order chi connectivity index (χ0) is 37.0. The number of hydrogen-bond donors (Lipinski definition) is 0. The van der Waals surface area contributed by atoms with Crippen LogP contribution in [-0.4, -0.2) is 23.9 Å². The van der Waals surface area contributed by atoms with Gasteiger partial charge in [0.15, 0.2) is 17.5 Å². The van der Waals surface area contributed by atoms with Crippen LogP contribution in [0.4, 0.5) is 0 Å². The van der Waals surface area contributed by atoms with Crippen LogP contribution in [0.25, 0.3) is 100 Å². The molecule has 0 unspecified atom stereocenters. The van der Waals surface area contributed by atoms with Crippen LogP contribution in [0.15, 0.2) is 200 Å². The Bertz CT molecular complexity index is 3160. The van der Waals surface area contributed by atoms with Crippen LogP contribution in [0.1, 0.15) is 0 Å². The van der Waals surface area contributed by atoms with E-state index in [1.807, 2.05) is 60.7 Å². The highest BCUT2D eigenvalue weighted by Gasteiger charge is 2.22. The molecule has 4 heterocycles. The van der Waals surface area contributed by atoms with Gasteiger partial charge >= 0.3 is 0 Å². The van der Waals surface area contributed by atoms with E-state index >= 15 is 0 Å². The largest absolute Gasteiger partial charge is 0.314 e. The lowest BCUT2D eigenvalue weighted by atomic mass is 9.98. The van der Waals surface area contributed by atoms with Crippen molar-refractivity contribution in [1.29, 1.82) is 0 Å². The van der Waals surface area contributed by atoms with Gasteiger partial charge in [-0.15, -0.1) is 0 Å². The molecule has 5 heteroatoms. The molecule has 0 spiro atoms. The Hall–Kier alpha value is -7.63. The number of nitrogens with zero attached hydrogens (tertiary/aromatic N) is 5. The predicted octanol–water partition coefficient (Wildman–Crippen LogP) is 12.7. The molecule has 56 heavy (non-hydrogen) atoms. The summed E-state index contributed by atoms with van der Waals surface area (Å²) in [6.45, 7) is 0. The van der Waals surface area contributed by atoms with Crippen molar-refractivity contribution >= 4 is 38.2 Å². The molecule has 0 saturated heterocycles. The molecule has 0 bridgehead atoms. The zero-order valence-corrected chi connectivity index (χ0v) is 30.3. The molecule has 0 atom stereocenters. The third kappa shape index (κ3) is 5.21. The molecular formula is C51H33N5. The average Bonchev–Trinajstić information content (AvgIpc) is 3.80. The first-order valence-corrected chi connectivity index (χ1v) is 18.9. The topological polar surface area (TPSA) is 48.0 Å². The number of fused-ring (bicyclic) bond motifs is 7. The molecule has 0 saturated carbocycles. The molecule has 0 radical (unpaired) electrons. The van der Waals surface area contributed by atoms with Gasteiger partial charge in [0, 0.05) is 50.3 Å². The lowest BCUT2D eigenvalue weighted by Gasteiger charge is -2.13. The minimum Gasteiger partial charge on any atom is -0.314 e. The van der Waals surface area contributed by atoms with Crippen molar-refractivity contribution in [3.05, 3.63) is 200 Å². The summed E-state index contributed by atoms with van der Waals surface area (Å²) in [6.07, 6.45) is 2.23. The Kier molecular flexibility index (Phi) is 7.42. The first-order chi connectivity index (χ1) is 27.8. The molecule has 7 aromatic carbocycles. The lowest BCUT2D eigenvalue weighted by Crippen LogP contribution is -2.01. The molecule has 0 aliphatic heterocycles. The Morgan fingerprint density at radius 2 is 0.821 bits per heavy atom. The fraction of sp³-hybridized carbons (Fsp3) is 0. The van der Waals surface area contributed by atoms with Crippen molar-refractivity contribution in [2.45, 2.75) is 0 Å². The number of rotatable bonds is 6. The van der Waals surface area contributed by atoms with Crippen LogP contribution in [0.5, 0.6) is 0 Å². The molecular weight excluding hydrogens is 683 g/mol. The van der Waals surface area contributed by atoms with Crippen LogP contribution in [0.3, 0.4) is 0 Å². The van der Waals surface area contributed by atoms with Crippen LogP contribution < -0.4 is 0 Å². The Balaban J connectivity index is 1.17. The van der Waals surface area contributed by atoms with Crippen molar-refractivity contribution in [3.63, 3.8) is 0 Å². The fourth-order valence-electron chi connectivity index (χ4n) is 8.21. The average molecular weight is 716 g/mol. The van der Waals surface area contributed by atoms with E-state index in [-0.39, 0.29) is 0 Å². The van der Waals surface area contributed by atoms with Gasteiger partial charge in [-0.05, 0) is 47.0 Å². The smallest absolute Gasteiger partial charge is 0.164 e. The number of benzene rings is 7. The summed E-state index contributed by atoms with van der Waals surface area (Å²) in [7, 11) is 0. The van der Waals surface area contributed by atoms with Crippen molar-refractivity contribution < 1.29 is 0 Å². The van der Waals surface area contributed by atoms with Gasteiger partial charge in [-0.3, -0.25) is 0 Å². The zero-order valence-electron chi connectivity index (χ0n) is 30.3. The van der Waals surface area contributed by atoms with Crippen LogP contribution in [0.2, 0.25) is 0 Å². The quantitative estimate of drug-likeness (QED) is 0.172. The number of hydrogen-bond acceptors (Lipinski definition) is 3. The predicted molar refractivity (Wildman–Crippen MR) is 230 cm³/mol. The van der Waals surface area contributed by atoms with Crippen LogP contribution in [-0.2, 0) is 0 Å². The maximum absolute atomic E-state index is 5.07. The van der Waals surface area contributed by atoms with Gasteiger partial charge in [-0.1, -0.05) is 164 Å². The summed E-state index contributed by atoms with van der Waals surface area (Å²) < 4.78 is 4.78. The minimum absolute atomic E-state index is 0.623. The fourth-order valence-corrected chi connectivity index (χ4v) is 8.21. The van der Waals surface area contributed by atoms with Gasteiger partial charge in [0.25, 0.3) is 0 Å². The summed E-state index contributed by atoms with van der Waals surface area (Å²) in [5, 5.41) is 3.61. The summed E-state index contributed by atoms with van der Waals surface area (Å²) in [5.41, 5.74) is 13.2. The van der Waals surface area contributed by atoms with Gasteiger partial charge in [0.05, 0.1) is 22.1 Å². The second-order valence-corrected chi connectivity index (χ2v) is 14.1. The highest BCUT2D eigenvalue weighted by atomic mass is 15.0. The Morgan fingerprint density at radius 1 is 0.321 bits per heavy atom. The van der Waals surface area contributed by atoms with E-state index in [1.54, 1.807) is 0 Å². The number of aromatic nitrogens is 5. The van der Waals surface area contributed by atoms with Gasteiger partial charge < -0.3 is 8.97 Å².